The van der Waals surface area contributed by atoms with E-state index in [2.05, 4.69) is 0 Å². The third-order valence-electron chi connectivity index (χ3n) is 4.56. The maximum atomic E-state index is 12.6. The van der Waals surface area contributed by atoms with Crippen LogP contribution < -0.4 is 15.2 Å². The molecule has 2 atom stereocenters. The van der Waals surface area contributed by atoms with E-state index in [1.54, 1.807) is 55.4 Å². The molecule has 0 amide bonds. The zero-order valence-electron chi connectivity index (χ0n) is 23.1. The minimum Gasteiger partial charge on any atom is -0.468 e. The fourth-order valence-corrected chi connectivity index (χ4v) is 3.21. The summed E-state index contributed by atoms with van der Waals surface area (Å²) >= 11 is 0. The monoisotopic (exact) mass is 525 g/mol. The van der Waals surface area contributed by atoms with E-state index < -0.39 is 47.1 Å². The van der Waals surface area contributed by atoms with E-state index in [1.165, 1.54) is 25.3 Å². The van der Waals surface area contributed by atoms with Gasteiger partial charge in [-0.05, 0) is 66.2 Å². The van der Waals surface area contributed by atoms with E-state index in [0.717, 1.165) is 0 Å². The first-order chi connectivity index (χ1) is 16.9. The summed E-state index contributed by atoms with van der Waals surface area (Å²) in [5.41, 5.74) is 3.62. The average molecular weight is 526 g/mol. The summed E-state index contributed by atoms with van der Waals surface area (Å²) in [6, 6.07) is 4.29. The van der Waals surface area contributed by atoms with Crippen molar-refractivity contribution in [2.75, 3.05) is 7.11 Å². The highest BCUT2D eigenvalue weighted by Gasteiger charge is 2.38. The maximum absolute atomic E-state index is 12.6. The maximum Gasteiger partial charge on any atom is 0.514 e. The van der Waals surface area contributed by atoms with Gasteiger partial charge in [-0.15, -0.1) is 0 Å². The van der Waals surface area contributed by atoms with Gasteiger partial charge in [-0.2, -0.15) is 0 Å². The number of hydrogen-bond acceptors (Lipinski definition) is 11. The van der Waals surface area contributed by atoms with Crippen molar-refractivity contribution in [2.24, 2.45) is 5.73 Å². The molecule has 0 saturated heterocycles. The van der Waals surface area contributed by atoms with Crippen LogP contribution in [-0.2, 0) is 35.0 Å². The Bertz CT molecular complexity index is 977. The van der Waals surface area contributed by atoms with E-state index in [9.17, 15) is 19.2 Å². The Morgan fingerprint density at radius 1 is 0.892 bits per heavy atom. The molecule has 0 fully saturated rings. The molecule has 1 aromatic rings. The Hall–Kier alpha value is -3.34. The number of esters is 2. The van der Waals surface area contributed by atoms with Crippen molar-refractivity contribution in [3.05, 3.63) is 23.8 Å². The Morgan fingerprint density at radius 2 is 1.41 bits per heavy atom. The Morgan fingerprint density at radius 3 is 1.86 bits per heavy atom. The molecule has 0 heterocycles. The molecular formula is C26H39NO10. The van der Waals surface area contributed by atoms with Gasteiger partial charge in [-0.25, -0.2) is 9.59 Å². The first-order valence-electron chi connectivity index (χ1n) is 11.9. The highest BCUT2D eigenvalue weighted by Crippen LogP contribution is 2.32. The van der Waals surface area contributed by atoms with Crippen molar-refractivity contribution in [2.45, 2.75) is 97.5 Å². The number of nitrogens with two attached hydrogens (primary N) is 1. The van der Waals surface area contributed by atoms with Gasteiger partial charge in [-0.3, -0.25) is 9.59 Å². The molecule has 0 aliphatic carbocycles. The Kier molecular flexibility index (Phi) is 10.9. The van der Waals surface area contributed by atoms with Gasteiger partial charge in [0, 0.05) is 19.3 Å². The molecule has 0 aliphatic heterocycles. The normalized spacial score (nSPS) is 14.0. The molecule has 2 N–H and O–H groups in total. The highest BCUT2D eigenvalue weighted by atomic mass is 16.8. The molecule has 0 spiro atoms. The minimum atomic E-state index is -1.58. The minimum absolute atomic E-state index is 0.0379. The number of carbonyl (C=O) groups is 4. The van der Waals surface area contributed by atoms with Crippen molar-refractivity contribution < 1.29 is 47.6 Å². The number of carbonyl (C=O) groups excluding carboxylic acids is 4. The summed E-state index contributed by atoms with van der Waals surface area (Å²) in [5.74, 6) is -1.43. The predicted molar refractivity (Wildman–Crippen MR) is 133 cm³/mol. The quantitative estimate of drug-likeness (QED) is 0.276. The molecule has 1 unspecified atom stereocenters. The molecule has 1 aromatic carbocycles. The van der Waals surface area contributed by atoms with Gasteiger partial charge in [-0.1, -0.05) is 13.0 Å². The molecule has 37 heavy (non-hydrogen) atoms. The van der Waals surface area contributed by atoms with E-state index in [-0.39, 0.29) is 30.8 Å². The van der Waals surface area contributed by atoms with Crippen LogP contribution in [0.15, 0.2) is 18.2 Å². The lowest BCUT2D eigenvalue weighted by molar-refractivity contribution is -0.154. The van der Waals surface area contributed by atoms with Crippen LogP contribution in [-0.4, -0.2) is 54.2 Å². The molecule has 11 nitrogen and oxygen atoms in total. The Balaban J connectivity index is 3.32. The van der Waals surface area contributed by atoms with Gasteiger partial charge < -0.3 is 34.2 Å². The lowest BCUT2D eigenvalue weighted by atomic mass is 9.86. The van der Waals surface area contributed by atoms with Crippen LogP contribution in [0.5, 0.6) is 11.5 Å². The molecule has 11 heteroatoms. The second-order valence-corrected chi connectivity index (χ2v) is 10.6. The predicted octanol–water partition coefficient (Wildman–Crippen LogP) is 4.46. The van der Waals surface area contributed by atoms with E-state index in [4.69, 9.17) is 34.2 Å². The number of ether oxygens (including phenoxy) is 6. The molecular weight excluding hydrogens is 486 g/mol. The number of benzene rings is 1. The lowest BCUT2D eigenvalue weighted by Gasteiger charge is -2.29. The second kappa shape index (κ2) is 12.8. The van der Waals surface area contributed by atoms with Crippen LogP contribution in [0, 0.1) is 0 Å². The zero-order valence-corrected chi connectivity index (χ0v) is 23.1. The number of hydrogen-bond donors (Lipinski definition) is 1. The number of rotatable bonds is 9. The molecule has 0 radical (unpaired) electrons. The molecule has 0 bridgehead atoms. The van der Waals surface area contributed by atoms with E-state index in [1.807, 2.05) is 0 Å². The molecule has 1 rings (SSSR count). The SMILES string of the molecule is CCC(=O)OC(C)C[C@@](N)(Cc1ccc(OC(=O)OC(C)(C)C)c(OC(=O)OC(C)(C)C)c1)C(=O)OC. The van der Waals surface area contributed by atoms with Gasteiger partial charge in [0.1, 0.15) is 22.8 Å². The first kappa shape index (κ1) is 31.7. The zero-order chi connectivity index (χ0) is 28.6. The third-order valence-corrected chi connectivity index (χ3v) is 4.56. The smallest absolute Gasteiger partial charge is 0.468 e. The summed E-state index contributed by atoms with van der Waals surface area (Å²) in [6.45, 7) is 13.3. The fourth-order valence-electron chi connectivity index (χ4n) is 3.21. The van der Waals surface area contributed by atoms with Crippen LogP contribution in [0.25, 0.3) is 0 Å². The first-order valence-corrected chi connectivity index (χ1v) is 11.9. The topological polar surface area (TPSA) is 150 Å². The van der Waals surface area contributed by atoms with Gasteiger partial charge in [0.05, 0.1) is 7.11 Å². The standard InChI is InChI=1S/C26H39NO10/c1-10-20(28)33-16(2)14-26(27,21(29)32-9)15-17-11-12-18(34-22(30)36-24(3,4)5)19(13-17)35-23(31)37-25(6,7)8/h11-13,16H,10,14-15,27H2,1-9H3/t16?,26-/m1/s1. The fraction of sp³-hybridized carbons (Fsp3) is 0.615. The van der Waals surface area contributed by atoms with Crippen molar-refractivity contribution in [3.63, 3.8) is 0 Å². The number of methoxy groups -OCH3 is 1. The van der Waals surface area contributed by atoms with E-state index in [0.29, 0.717) is 5.56 Å². The van der Waals surface area contributed by atoms with Crippen LogP contribution in [0.4, 0.5) is 9.59 Å². The summed E-state index contributed by atoms with van der Waals surface area (Å²) in [4.78, 5) is 48.9. The van der Waals surface area contributed by atoms with Crippen LogP contribution in [0.1, 0.15) is 73.8 Å². The van der Waals surface area contributed by atoms with Crippen LogP contribution in [0.3, 0.4) is 0 Å². The molecule has 0 saturated carbocycles. The lowest BCUT2D eigenvalue weighted by Crippen LogP contribution is -2.53. The summed E-state index contributed by atoms with van der Waals surface area (Å²) in [6.07, 6.45) is -2.67. The van der Waals surface area contributed by atoms with Crippen LogP contribution >= 0.6 is 0 Å². The second-order valence-electron chi connectivity index (χ2n) is 10.6. The van der Waals surface area contributed by atoms with Gasteiger partial charge in [0.25, 0.3) is 0 Å². The highest BCUT2D eigenvalue weighted by molar-refractivity contribution is 5.81. The summed E-state index contributed by atoms with van der Waals surface area (Å²) in [5, 5.41) is 0. The van der Waals surface area contributed by atoms with E-state index >= 15 is 0 Å². The van der Waals surface area contributed by atoms with Gasteiger partial charge >= 0.3 is 24.2 Å². The average Bonchev–Trinajstić information content (AvgIpc) is 2.71. The van der Waals surface area contributed by atoms with Crippen molar-refractivity contribution >= 4 is 24.2 Å². The third kappa shape index (κ3) is 11.5. The van der Waals surface area contributed by atoms with Crippen LogP contribution in [0.2, 0.25) is 0 Å². The van der Waals surface area contributed by atoms with Crippen molar-refractivity contribution in [1.82, 2.24) is 0 Å². The summed E-state index contributed by atoms with van der Waals surface area (Å²) in [7, 11) is 1.20. The molecule has 0 aromatic heterocycles. The van der Waals surface area contributed by atoms with Crippen molar-refractivity contribution in [3.8, 4) is 11.5 Å². The van der Waals surface area contributed by atoms with Gasteiger partial charge in [0.15, 0.2) is 11.5 Å². The molecule has 208 valence electrons. The summed E-state index contributed by atoms with van der Waals surface area (Å²) < 4.78 is 31.1. The Labute approximate surface area is 217 Å². The van der Waals surface area contributed by atoms with Crippen molar-refractivity contribution in [1.29, 1.82) is 0 Å². The molecule has 0 aliphatic rings. The largest absolute Gasteiger partial charge is 0.514 e. The van der Waals surface area contributed by atoms with Gasteiger partial charge in [0.2, 0.25) is 0 Å².